The molecule has 49 heavy (non-hydrogen) atoms. The Balaban J connectivity index is 1.93. The SMILES string of the molecule is C/C=C/NC(=O)[C@H]1NC(=O)[C@H](CC(N)=O)NC(=O)[C@@H](NC(=O)C(=O)[C@@H](C)CC)Cc2ccc(O)c(c2)-c2cccc3c2NC(=O)[C@@]3(O)[C@H]1O. The summed E-state index contributed by atoms with van der Waals surface area (Å²) in [6, 6.07) is 3.02. The maximum Gasteiger partial charge on any atom is 0.288 e. The topological polar surface area (TPSA) is 266 Å². The number of allylic oxidation sites excluding steroid dienone is 1. The summed E-state index contributed by atoms with van der Waals surface area (Å²) in [6.45, 7) is 4.79. The lowest BCUT2D eigenvalue weighted by Gasteiger charge is -2.33. The Morgan fingerprint density at radius 2 is 1.80 bits per heavy atom. The first kappa shape index (κ1) is 36.2. The second-order valence-corrected chi connectivity index (χ2v) is 11.9. The van der Waals surface area contributed by atoms with E-state index in [4.69, 9.17) is 5.73 Å². The third-order valence-corrected chi connectivity index (χ3v) is 8.51. The smallest absolute Gasteiger partial charge is 0.288 e. The van der Waals surface area contributed by atoms with Crippen LogP contribution >= 0.6 is 0 Å². The number of ketones is 1. The van der Waals surface area contributed by atoms with Gasteiger partial charge in [-0.25, -0.2) is 0 Å². The number of amides is 6. The largest absolute Gasteiger partial charge is 0.507 e. The lowest BCUT2D eigenvalue weighted by atomic mass is 9.83. The molecule has 16 nitrogen and oxygen atoms in total. The number of rotatable bonds is 8. The predicted molar refractivity (Wildman–Crippen MR) is 173 cm³/mol. The van der Waals surface area contributed by atoms with Gasteiger partial charge in [0, 0.05) is 29.0 Å². The molecule has 0 saturated heterocycles. The van der Waals surface area contributed by atoms with Crippen molar-refractivity contribution in [1.29, 1.82) is 0 Å². The number of aliphatic hydroxyl groups is 2. The molecule has 0 radical (unpaired) electrons. The number of hydrogen-bond acceptors (Lipinski definition) is 10. The minimum Gasteiger partial charge on any atom is -0.507 e. The van der Waals surface area contributed by atoms with Crippen LogP contribution in [0.5, 0.6) is 5.75 Å². The third-order valence-electron chi connectivity index (χ3n) is 8.51. The van der Waals surface area contributed by atoms with E-state index in [2.05, 4.69) is 26.6 Å². The number of aliphatic hydroxyl groups excluding tert-OH is 1. The van der Waals surface area contributed by atoms with Crippen LogP contribution in [0.2, 0.25) is 0 Å². The Morgan fingerprint density at radius 3 is 2.45 bits per heavy atom. The zero-order valence-electron chi connectivity index (χ0n) is 26.9. The standard InChI is InChI=1S/C33H38N6O10/c1-4-11-35-30(46)25-27(43)33(49)19-8-6-7-17(24(19)39-32(33)48)18-12-16(9-10-22(18)40)13-20(37-31(47)26(42)15(3)5-2)28(44)36-21(14-23(34)41)29(45)38-25/h4,6-12,15,20-21,25,27,40,43,49H,5,13-14H2,1-3H3,(H2,34,41)(H,35,46)(H,36,44)(H,37,47)(H,38,45)(H,39,48)/b11-4+/t15-,20-,21-,25-,27-,33-/m0/s1. The van der Waals surface area contributed by atoms with Crippen molar-refractivity contribution in [3.63, 3.8) is 0 Å². The Bertz CT molecular complexity index is 1740. The van der Waals surface area contributed by atoms with Gasteiger partial charge in [-0.15, -0.1) is 0 Å². The first-order valence-electron chi connectivity index (χ1n) is 15.5. The number of nitrogens with two attached hydrogens (primary N) is 1. The van der Waals surface area contributed by atoms with E-state index in [0.29, 0.717) is 12.0 Å². The second kappa shape index (κ2) is 14.7. The van der Waals surface area contributed by atoms with Crippen LogP contribution in [0, 0.1) is 5.92 Å². The normalized spacial score (nSPS) is 24.3. The highest BCUT2D eigenvalue weighted by atomic mass is 16.4. The fourth-order valence-electron chi connectivity index (χ4n) is 5.58. The average Bonchev–Trinajstić information content (AvgIpc) is 3.34. The molecule has 2 aliphatic rings. The van der Waals surface area contributed by atoms with Crippen LogP contribution in [-0.4, -0.2) is 80.8 Å². The van der Waals surface area contributed by atoms with Gasteiger partial charge in [0.25, 0.3) is 11.8 Å². The Labute approximate surface area is 280 Å². The molecule has 2 aromatic carbocycles. The summed E-state index contributed by atoms with van der Waals surface area (Å²) in [5.41, 5.74) is 2.95. The van der Waals surface area contributed by atoms with Crippen molar-refractivity contribution in [2.75, 3.05) is 5.32 Å². The molecule has 4 rings (SSSR count). The van der Waals surface area contributed by atoms with Crippen LogP contribution in [0.25, 0.3) is 11.1 Å². The van der Waals surface area contributed by atoms with Gasteiger partial charge < -0.3 is 47.6 Å². The van der Waals surface area contributed by atoms with Gasteiger partial charge in [-0.2, -0.15) is 0 Å². The van der Waals surface area contributed by atoms with Crippen molar-refractivity contribution in [1.82, 2.24) is 21.3 Å². The molecule has 10 N–H and O–H groups in total. The summed E-state index contributed by atoms with van der Waals surface area (Å²) in [4.78, 5) is 91.8. The predicted octanol–water partition coefficient (Wildman–Crippen LogP) is -1.29. The molecule has 0 spiro atoms. The van der Waals surface area contributed by atoms with Crippen molar-refractivity contribution in [3.8, 4) is 16.9 Å². The highest BCUT2D eigenvalue weighted by Gasteiger charge is 2.56. The van der Waals surface area contributed by atoms with E-state index in [1.807, 2.05) is 0 Å². The minimum atomic E-state index is -2.83. The number of benzene rings is 2. The highest BCUT2D eigenvalue weighted by molar-refractivity contribution is 6.37. The molecule has 6 bridgehead atoms. The molecule has 0 aliphatic carbocycles. The van der Waals surface area contributed by atoms with Gasteiger partial charge in [-0.3, -0.25) is 33.6 Å². The third kappa shape index (κ3) is 7.29. The average molecular weight is 679 g/mol. The van der Waals surface area contributed by atoms with Crippen molar-refractivity contribution < 1.29 is 48.9 Å². The molecule has 2 heterocycles. The molecule has 0 unspecified atom stereocenters. The molecular weight excluding hydrogens is 640 g/mol. The number of Topliss-reactive ketones (excluding diaryl/α,β-unsaturated/α-hetero) is 1. The first-order valence-corrected chi connectivity index (χ1v) is 15.5. The van der Waals surface area contributed by atoms with E-state index in [9.17, 15) is 48.9 Å². The number of primary amides is 1. The lowest BCUT2D eigenvalue weighted by Crippen LogP contribution is -2.64. The number of carbonyl (C=O) groups is 7. The van der Waals surface area contributed by atoms with Gasteiger partial charge in [-0.1, -0.05) is 44.2 Å². The second-order valence-electron chi connectivity index (χ2n) is 11.9. The fraction of sp³-hybridized carbons (Fsp3) is 0.364. The fourth-order valence-corrected chi connectivity index (χ4v) is 5.58. The molecule has 6 amide bonds. The van der Waals surface area contributed by atoms with E-state index in [-0.39, 0.29) is 34.5 Å². The van der Waals surface area contributed by atoms with Gasteiger partial charge in [-0.05, 0) is 37.2 Å². The summed E-state index contributed by atoms with van der Waals surface area (Å²) < 4.78 is 0. The molecule has 0 aromatic heterocycles. The molecule has 16 heteroatoms. The Kier molecular flexibility index (Phi) is 10.8. The van der Waals surface area contributed by atoms with Gasteiger partial charge in [0.1, 0.15) is 30.0 Å². The summed E-state index contributed by atoms with van der Waals surface area (Å²) in [7, 11) is 0. The zero-order valence-corrected chi connectivity index (χ0v) is 26.9. The maximum atomic E-state index is 13.7. The van der Waals surface area contributed by atoms with Crippen LogP contribution in [0.15, 0.2) is 48.7 Å². The van der Waals surface area contributed by atoms with Crippen LogP contribution in [-0.2, 0) is 45.6 Å². The first-order chi connectivity index (χ1) is 23.1. The van der Waals surface area contributed by atoms with E-state index in [1.165, 1.54) is 49.4 Å². The van der Waals surface area contributed by atoms with Gasteiger partial charge in [0.2, 0.25) is 29.4 Å². The Morgan fingerprint density at radius 1 is 1.08 bits per heavy atom. The molecule has 2 aromatic rings. The van der Waals surface area contributed by atoms with Crippen LogP contribution < -0.4 is 32.3 Å². The monoisotopic (exact) mass is 678 g/mol. The van der Waals surface area contributed by atoms with Crippen LogP contribution in [0.3, 0.4) is 0 Å². The zero-order chi connectivity index (χ0) is 36.2. The summed E-state index contributed by atoms with van der Waals surface area (Å²) in [5.74, 6) is -8.38. The molecular formula is C33H38N6O10. The number of hydrogen-bond donors (Lipinski definition) is 9. The lowest BCUT2D eigenvalue weighted by molar-refractivity contribution is -0.155. The van der Waals surface area contributed by atoms with Gasteiger partial charge in [0.15, 0.2) is 5.60 Å². The maximum absolute atomic E-state index is 13.7. The van der Waals surface area contributed by atoms with Crippen molar-refractivity contribution in [2.24, 2.45) is 11.7 Å². The number of fused-ring (bicyclic) bond motifs is 3. The van der Waals surface area contributed by atoms with Crippen molar-refractivity contribution in [2.45, 2.75) is 69.9 Å². The number of phenols is 1. The highest BCUT2D eigenvalue weighted by Crippen LogP contribution is 2.46. The summed E-state index contributed by atoms with van der Waals surface area (Å²) >= 11 is 0. The number of phenolic OH excluding ortho intramolecular Hbond substituents is 1. The molecule has 0 saturated carbocycles. The van der Waals surface area contributed by atoms with Gasteiger partial charge >= 0.3 is 0 Å². The van der Waals surface area contributed by atoms with E-state index >= 15 is 0 Å². The number of nitrogens with one attached hydrogen (secondary N) is 5. The summed E-state index contributed by atoms with van der Waals surface area (Å²) in [5, 5.41) is 46.0. The quantitative estimate of drug-likeness (QED) is 0.149. The number of anilines is 1. The number of carbonyl (C=O) groups excluding carboxylic acids is 7. The Hall–Kier alpha value is -5.61. The molecule has 6 atom stereocenters. The van der Waals surface area contributed by atoms with Crippen molar-refractivity contribution >= 4 is 46.9 Å². The van der Waals surface area contributed by atoms with E-state index in [0.717, 1.165) is 6.20 Å². The van der Waals surface area contributed by atoms with E-state index in [1.54, 1.807) is 13.8 Å². The minimum absolute atomic E-state index is 0.0270. The van der Waals surface area contributed by atoms with Crippen molar-refractivity contribution in [3.05, 3.63) is 59.8 Å². The summed E-state index contributed by atoms with van der Waals surface area (Å²) in [6.07, 6.45) is -0.553. The molecule has 2 aliphatic heterocycles. The number of aromatic hydroxyl groups is 1. The van der Waals surface area contributed by atoms with Crippen LogP contribution in [0.4, 0.5) is 5.69 Å². The molecule has 260 valence electrons. The van der Waals surface area contributed by atoms with Crippen LogP contribution in [0.1, 0.15) is 44.7 Å². The van der Waals surface area contributed by atoms with Gasteiger partial charge in [0.05, 0.1) is 12.1 Å². The molecule has 0 fully saturated rings. The number of para-hydroxylation sites is 1. The van der Waals surface area contributed by atoms with E-state index < -0.39 is 83.4 Å².